The van der Waals surface area contributed by atoms with Crippen LogP contribution in [0.3, 0.4) is 0 Å². The number of aliphatic hydroxyl groups is 5. The van der Waals surface area contributed by atoms with Gasteiger partial charge in [0, 0.05) is 11.3 Å². The molecular weight excluding hydrogens is 564 g/mol. The van der Waals surface area contributed by atoms with Gasteiger partial charge < -0.3 is 44.5 Å². The quantitative estimate of drug-likeness (QED) is 0.239. The van der Waals surface area contributed by atoms with Crippen molar-refractivity contribution in [2.24, 2.45) is 51.2 Å². The van der Waals surface area contributed by atoms with E-state index < -0.39 is 53.6 Å². The minimum Gasteiger partial charge on any atom is -0.388 e. The van der Waals surface area contributed by atoms with Crippen LogP contribution in [0.25, 0.3) is 0 Å². The monoisotopic (exact) mass is 618 g/mol. The largest absolute Gasteiger partial charge is 0.388 e. The summed E-state index contributed by atoms with van der Waals surface area (Å²) < 4.78 is 25.7. The second-order valence-electron chi connectivity index (χ2n) is 17.8. The first-order valence-corrected chi connectivity index (χ1v) is 17.2. The molecule has 248 valence electrons. The van der Waals surface area contributed by atoms with Crippen LogP contribution in [-0.4, -0.2) is 92.5 Å². The molecule has 2 bridgehead atoms. The zero-order chi connectivity index (χ0) is 31.6. The van der Waals surface area contributed by atoms with E-state index in [1.54, 1.807) is 13.8 Å². The van der Waals surface area contributed by atoms with E-state index in [1.165, 1.54) is 5.57 Å². The molecule has 3 saturated heterocycles. The second kappa shape index (κ2) is 9.08. The predicted octanol–water partition coefficient (Wildman–Crippen LogP) is 2.90. The topological polar surface area (TPSA) is 138 Å². The van der Waals surface area contributed by atoms with Gasteiger partial charge >= 0.3 is 0 Å². The lowest BCUT2D eigenvalue weighted by Gasteiger charge is -2.61. The van der Waals surface area contributed by atoms with Gasteiger partial charge in [0.15, 0.2) is 12.1 Å². The number of fused-ring (bicyclic) bond motifs is 5. The van der Waals surface area contributed by atoms with Gasteiger partial charge in [0.2, 0.25) is 0 Å². The second-order valence-corrected chi connectivity index (χ2v) is 17.8. The Balaban J connectivity index is 1.11. The maximum Gasteiger partial charge on any atom is 0.199 e. The molecule has 3 heterocycles. The molecule has 0 radical (unpaired) electrons. The highest BCUT2D eigenvalue weighted by atomic mass is 16.8. The Morgan fingerprint density at radius 1 is 0.977 bits per heavy atom. The van der Waals surface area contributed by atoms with Crippen molar-refractivity contribution >= 4 is 0 Å². The molecule has 0 aromatic rings. The highest BCUT2D eigenvalue weighted by molar-refractivity contribution is 5.42. The Labute approximate surface area is 261 Å². The molecule has 2 spiro atoms. The van der Waals surface area contributed by atoms with E-state index in [0.717, 1.165) is 38.5 Å². The maximum atomic E-state index is 12.6. The van der Waals surface area contributed by atoms with Crippen LogP contribution in [-0.2, 0) is 18.9 Å². The molecule has 9 heteroatoms. The van der Waals surface area contributed by atoms with E-state index in [-0.39, 0.29) is 46.9 Å². The van der Waals surface area contributed by atoms with Crippen molar-refractivity contribution in [2.75, 3.05) is 6.61 Å². The first kappa shape index (κ1) is 30.7. The van der Waals surface area contributed by atoms with Gasteiger partial charge in [0.25, 0.3) is 0 Å². The maximum absolute atomic E-state index is 12.6. The molecule has 8 rings (SSSR count). The van der Waals surface area contributed by atoms with Gasteiger partial charge in [0.05, 0.1) is 24.4 Å². The van der Waals surface area contributed by atoms with E-state index in [0.29, 0.717) is 17.8 Å². The summed E-state index contributed by atoms with van der Waals surface area (Å²) in [5.41, 5.74) is -0.338. The van der Waals surface area contributed by atoms with E-state index in [1.807, 2.05) is 0 Å². The zero-order valence-corrected chi connectivity index (χ0v) is 27.4. The minimum absolute atomic E-state index is 0.0259. The van der Waals surface area contributed by atoms with Gasteiger partial charge in [-0.25, -0.2) is 0 Å². The van der Waals surface area contributed by atoms with Crippen molar-refractivity contribution < 1.29 is 44.5 Å². The van der Waals surface area contributed by atoms with E-state index in [2.05, 4.69) is 40.7 Å². The van der Waals surface area contributed by atoms with Crippen LogP contribution in [0.15, 0.2) is 11.6 Å². The average molecular weight is 619 g/mol. The Bertz CT molecular complexity index is 1240. The lowest BCUT2D eigenvalue weighted by atomic mass is 9.44. The van der Waals surface area contributed by atoms with Crippen LogP contribution >= 0.6 is 0 Å². The van der Waals surface area contributed by atoms with Gasteiger partial charge in [-0.3, -0.25) is 0 Å². The van der Waals surface area contributed by atoms with Crippen LogP contribution in [0.2, 0.25) is 0 Å². The molecule has 5 aliphatic carbocycles. The summed E-state index contributed by atoms with van der Waals surface area (Å²) in [6, 6.07) is 0. The van der Waals surface area contributed by atoms with E-state index in [4.69, 9.17) is 18.9 Å². The summed E-state index contributed by atoms with van der Waals surface area (Å²) in [5, 5.41) is 54.5. The predicted molar refractivity (Wildman–Crippen MR) is 159 cm³/mol. The SMILES string of the molecule is C[C@@H]1C[C@H]2O[C@]3(O[C@@H]2C(C)(C)O)[C@H]1[C@@]1(C)CC=C2C(CCC4C(C)(C)[C@@H](O[C@@H]5OC[C@@H](O)[C@H](O)[C@H]5O)C[C@H]5C[C@@]245)[C@]1(C)[C@H]3O. The Morgan fingerprint density at radius 2 is 1.70 bits per heavy atom. The third-order valence-corrected chi connectivity index (χ3v) is 15.0. The fourth-order valence-corrected chi connectivity index (χ4v) is 12.9. The first-order valence-electron chi connectivity index (χ1n) is 17.2. The highest BCUT2D eigenvalue weighted by Crippen LogP contribution is 2.82. The standard InChI is InChI=1S/C35H54O9/c1-16-12-21-27(31(4,5)40)44-35(43-21)26(16)32(6)11-10-19-18(33(32,7)29(35)39)8-9-22-30(2,3)23(13-17-14-34(17,19)22)42-28-25(38)24(37)20(36)15-41-28/h10,16-18,20-29,36-40H,8-9,11-15H2,1-7H3/t16-,17+,18?,20-,21-,22?,23+,24+,25-,26-,27+,28+,29-,32-,33-,34-,35+/m1/s1. The highest BCUT2D eigenvalue weighted by Gasteiger charge is 2.83. The number of allylic oxidation sites excluding steroid dienone is 2. The van der Waals surface area contributed by atoms with Gasteiger partial charge in [-0.2, -0.15) is 0 Å². The lowest BCUT2D eigenvalue weighted by Crippen LogP contribution is -2.59. The number of aliphatic hydroxyl groups excluding tert-OH is 4. The summed E-state index contributed by atoms with van der Waals surface area (Å²) in [7, 11) is 0. The van der Waals surface area contributed by atoms with Crippen molar-refractivity contribution in [1.29, 1.82) is 0 Å². The van der Waals surface area contributed by atoms with Crippen LogP contribution in [0.4, 0.5) is 0 Å². The molecule has 0 aromatic heterocycles. The third-order valence-electron chi connectivity index (χ3n) is 15.0. The summed E-state index contributed by atoms with van der Waals surface area (Å²) >= 11 is 0. The molecule has 4 saturated carbocycles. The van der Waals surface area contributed by atoms with Crippen LogP contribution in [0.5, 0.6) is 0 Å². The summed E-state index contributed by atoms with van der Waals surface area (Å²) in [6.07, 6.45) is 1.85. The molecular formula is C35H54O9. The minimum atomic E-state index is -1.29. The van der Waals surface area contributed by atoms with Crippen LogP contribution in [0.1, 0.15) is 87.0 Å². The normalized spacial score (nSPS) is 60.4. The number of hydrogen-bond donors (Lipinski definition) is 5. The molecule has 44 heavy (non-hydrogen) atoms. The smallest absolute Gasteiger partial charge is 0.199 e. The van der Waals surface area contributed by atoms with Crippen LogP contribution in [0, 0.1) is 51.2 Å². The molecule has 0 aromatic carbocycles. The average Bonchev–Trinajstić information content (AvgIpc) is 3.50. The van der Waals surface area contributed by atoms with Gasteiger partial charge in [-0.1, -0.05) is 46.3 Å². The summed E-state index contributed by atoms with van der Waals surface area (Å²) in [4.78, 5) is 0. The number of hydrogen-bond acceptors (Lipinski definition) is 9. The lowest BCUT2D eigenvalue weighted by molar-refractivity contribution is -0.300. The molecule has 3 aliphatic heterocycles. The molecule has 7 fully saturated rings. The first-order chi connectivity index (χ1) is 20.4. The van der Waals surface area contributed by atoms with Crippen molar-refractivity contribution in [3.05, 3.63) is 11.6 Å². The fraction of sp³-hybridized carbons (Fsp3) is 0.943. The molecule has 5 N–H and O–H groups in total. The third kappa shape index (κ3) is 3.47. The van der Waals surface area contributed by atoms with Gasteiger partial charge in [-0.05, 0) is 92.3 Å². The molecule has 0 amide bonds. The van der Waals surface area contributed by atoms with Crippen molar-refractivity contribution in [3.63, 3.8) is 0 Å². The zero-order valence-electron chi connectivity index (χ0n) is 27.4. The summed E-state index contributed by atoms with van der Waals surface area (Å²) in [6.45, 7) is 15.0. The fourth-order valence-electron chi connectivity index (χ4n) is 12.9. The van der Waals surface area contributed by atoms with Crippen molar-refractivity contribution in [1.82, 2.24) is 0 Å². The Hall–Kier alpha value is -0.620. The van der Waals surface area contributed by atoms with Crippen molar-refractivity contribution in [3.8, 4) is 0 Å². The van der Waals surface area contributed by atoms with E-state index >= 15 is 0 Å². The molecule has 17 atom stereocenters. The van der Waals surface area contributed by atoms with Crippen molar-refractivity contribution in [2.45, 2.75) is 147 Å². The summed E-state index contributed by atoms with van der Waals surface area (Å²) in [5.74, 6) is 0.254. The number of rotatable bonds is 3. The van der Waals surface area contributed by atoms with Gasteiger partial charge in [0.1, 0.15) is 30.5 Å². The molecule has 9 nitrogen and oxygen atoms in total. The Morgan fingerprint density at radius 3 is 2.41 bits per heavy atom. The molecule has 8 aliphatic rings. The number of ether oxygens (including phenoxy) is 4. The Kier molecular flexibility index (Phi) is 6.34. The van der Waals surface area contributed by atoms with E-state index in [9.17, 15) is 25.5 Å². The van der Waals surface area contributed by atoms with Gasteiger partial charge in [-0.15, -0.1) is 0 Å². The molecule has 2 unspecified atom stereocenters. The van der Waals surface area contributed by atoms with Crippen LogP contribution < -0.4 is 0 Å².